The monoisotopic (exact) mass is 520 g/mol. The van der Waals surface area contributed by atoms with Crippen LogP contribution in [-0.4, -0.2) is 35.5 Å². The summed E-state index contributed by atoms with van der Waals surface area (Å²) < 4.78 is 17.0. The normalized spacial score (nSPS) is 20.7. The molecule has 0 saturated carbocycles. The van der Waals surface area contributed by atoms with E-state index in [4.69, 9.17) is 14.2 Å². The summed E-state index contributed by atoms with van der Waals surface area (Å²) in [6, 6.07) is 9.05. The SMILES string of the molecule is CC(C)COc1ccc(C2CC(=O)Oc3cc4c(c(O)c32)C(=O)O[C@@H](C)CCCC(=O)CCCC=C4)cc1. The summed E-state index contributed by atoms with van der Waals surface area (Å²) in [6.07, 6.45) is 6.70. The lowest BCUT2D eigenvalue weighted by molar-refractivity contribution is -0.135. The van der Waals surface area contributed by atoms with Crippen LogP contribution in [0, 0.1) is 5.92 Å². The summed E-state index contributed by atoms with van der Waals surface area (Å²) in [4.78, 5) is 38.0. The predicted octanol–water partition coefficient (Wildman–Crippen LogP) is 6.35. The number of Topliss-reactive ketones (excluding diaryl/α,β-unsaturated/α-hetero) is 1. The van der Waals surface area contributed by atoms with E-state index in [0.717, 1.165) is 11.3 Å². The van der Waals surface area contributed by atoms with E-state index in [-0.39, 0.29) is 29.3 Å². The molecule has 0 spiro atoms. The predicted molar refractivity (Wildman–Crippen MR) is 144 cm³/mol. The average molecular weight is 521 g/mol. The molecule has 1 N–H and O–H groups in total. The largest absolute Gasteiger partial charge is 0.507 e. The second-order valence-electron chi connectivity index (χ2n) is 10.5. The molecule has 7 nitrogen and oxygen atoms in total. The van der Waals surface area contributed by atoms with Crippen molar-refractivity contribution in [3.63, 3.8) is 0 Å². The van der Waals surface area contributed by atoms with Crippen molar-refractivity contribution in [3.05, 3.63) is 58.7 Å². The number of hydrogen-bond donors (Lipinski definition) is 1. The van der Waals surface area contributed by atoms with Crippen molar-refractivity contribution in [2.45, 2.75) is 77.7 Å². The minimum Gasteiger partial charge on any atom is -0.507 e. The van der Waals surface area contributed by atoms with E-state index in [9.17, 15) is 19.5 Å². The fourth-order valence-electron chi connectivity index (χ4n) is 4.86. The van der Waals surface area contributed by atoms with Crippen LogP contribution in [-0.2, 0) is 14.3 Å². The molecule has 1 unspecified atom stereocenters. The van der Waals surface area contributed by atoms with Crippen molar-refractivity contribution in [1.82, 2.24) is 0 Å². The quantitative estimate of drug-likeness (QED) is 0.370. The van der Waals surface area contributed by atoms with Gasteiger partial charge in [-0.1, -0.05) is 38.1 Å². The Kier molecular flexibility index (Phi) is 8.87. The van der Waals surface area contributed by atoms with E-state index in [2.05, 4.69) is 13.8 Å². The molecule has 2 aliphatic heterocycles. The highest BCUT2D eigenvalue weighted by Gasteiger charge is 2.35. The van der Waals surface area contributed by atoms with Gasteiger partial charge in [0.25, 0.3) is 0 Å². The first-order valence-corrected chi connectivity index (χ1v) is 13.5. The Morgan fingerprint density at radius 2 is 1.82 bits per heavy atom. The van der Waals surface area contributed by atoms with Gasteiger partial charge in [-0.15, -0.1) is 0 Å². The van der Waals surface area contributed by atoms with Crippen molar-refractivity contribution < 1.29 is 33.7 Å². The molecule has 7 heteroatoms. The molecule has 4 rings (SSSR count). The van der Waals surface area contributed by atoms with Crippen molar-refractivity contribution in [2.24, 2.45) is 5.92 Å². The molecule has 2 heterocycles. The molecule has 38 heavy (non-hydrogen) atoms. The van der Waals surface area contributed by atoms with Gasteiger partial charge in [0, 0.05) is 24.3 Å². The fourth-order valence-corrected chi connectivity index (χ4v) is 4.86. The molecule has 2 aliphatic rings. The van der Waals surface area contributed by atoms with Crippen molar-refractivity contribution in [3.8, 4) is 17.2 Å². The number of ether oxygens (including phenoxy) is 3. The standard InChI is InChI=1S/C31H36O7/c1-19(2)18-36-24-14-12-21(13-15-24)25-17-27(33)38-26-16-22-9-5-4-6-10-23(32)11-7-8-20(3)37-31(35)28(22)30(34)29(25)26/h5,9,12-16,19-20,25,34H,4,6-8,10-11,17-18H2,1-3H3/t20-,25?/m0/s1. The number of allylic oxidation sites excluding steroid dienone is 1. The molecular weight excluding hydrogens is 484 g/mol. The smallest absolute Gasteiger partial charge is 0.342 e. The molecule has 0 saturated heterocycles. The Bertz CT molecular complexity index is 1210. The van der Waals surface area contributed by atoms with Gasteiger partial charge in [0.2, 0.25) is 0 Å². The van der Waals surface area contributed by atoms with Crippen LogP contribution in [0.25, 0.3) is 6.08 Å². The summed E-state index contributed by atoms with van der Waals surface area (Å²) in [5, 5.41) is 11.5. The van der Waals surface area contributed by atoms with E-state index in [1.165, 1.54) is 0 Å². The topological polar surface area (TPSA) is 99.1 Å². The fraction of sp³-hybridized carbons (Fsp3) is 0.452. The number of fused-ring (bicyclic) bond motifs is 2. The van der Waals surface area contributed by atoms with Crippen LogP contribution in [0.15, 0.2) is 36.4 Å². The Morgan fingerprint density at radius 3 is 2.55 bits per heavy atom. The van der Waals surface area contributed by atoms with E-state index in [0.29, 0.717) is 62.2 Å². The maximum absolute atomic E-state index is 13.3. The number of phenolic OH excluding ortho intramolecular Hbond substituents is 1. The van der Waals surface area contributed by atoms with Crippen molar-refractivity contribution >= 4 is 23.8 Å². The van der Waals surface area contributed by atoms with E-state index in [1.54, 1.807) is 19.1 Å². The summed E-state index contributed by atoms with van der Waals surface area (Å²) in [5.41, 5.74) is 1.66. The van der Waals surface area contributed by atoms with Crippen LogP contribution in [0.3, 0.4) is 0 Å². The molecule has 0 radical (unpaired) electrons. The average Bonchev–Trinajstić information content (AvgIpc) is 2.86. The summed E-state index contributed by atoms with van der Waals surface area (Å²) in [5.74, 6) is -0.248. The molecular formula is C31H36O7. The molecule has 0 fully saturated rings. The first kappa shape index (κ1) is 27.4. The van der Waals surface area contributed by atoms with Gasteiger partial charge >= 0.3 is 11.9 Å². The van der Waals surface area contributed by atoms with Gasteiger partial charge in [-0.2, -0.15) is 0 Å². The van der Waals surface area contributed by atoms with Gasteiger partial charge in [0.15, 0.2) is 0 Å². The number of carbonyl (C=O) groups excluding carboxylic acids is 3. The molecule has 0 bridgehead atoms. The highest BCUT2D eigenvalue weighted by atomic mass is 16.5. The molecule has 202 valence electrons. The highest BCUT2D eigenvalue weighted by Crippen LogP contribution is 2.47. The van der Waals surface area contributed by atoms with Gasteiger partial charge in [-0.25, -0.2) is 4.79 Å². The van der Waals surface area contributed by atoms with E-state index >= 15 is 0 Å². The van der Waals surface area contributed by atoms with Gasteiger partial charge in [-0.3, -0.25) is 9.59 Å². The Balaban J connectivity index is 1.73. The number of phenols is 1. The number of aromatic hydroxyl groups is 1. The van der Waals surface area contributed by atoms with Gasteiger partial charge in [-0.05, 0) is 67.9 Å². The zero-order chi connectivity index (χ0) is 27.2. The molecule has 0 aromatic heterocycles. The number of benzene rings is 2. The van der Waals surface area contributed by atoms with Gasteiger partial charge < -0.3 is 19.3 Å². The maximum atomic E-state index is 13.3. The van der Waals surface area contributed by atoms with Crippen LogP contribution in [0.1, 0.15) is 98.7 Å². The Hall–Kier alpha value is -3.61. The lowest BCUT2D eigenvalue weighted by atomic mass is 9.83. The number of hydrogen-bond acceptors (Lipinski definition) is 7. The maximum Gasteiger partial charge on any atom is 0.342 e. The number of ketones is 1. The molecule has 0 aliphatic carbocycles. The first-order chi connectivity index (χ1) is 18.2. The Labute approximate surface area is 223 Å². The van der Waals surface area contributed by atoms with E-state index < -0.39 is 24.0 Å². The van der Waals surface area contributed by atoms with Gasteiger partial charge in [0.05, 0.1) is 19.1 Å². The summed E-state index contributed by atoms with van der Waals surface area (Å²) in [6.45, 7) is 6.52. The third kappa shape index (κ3) is 6.63. The minimum absolute atomic E-state index is 0.0286. The summed E-state index contributed by atoms with van der Waals surface area (Å²) >= 11 is 0. The number of cyclic esters (lactones) is 1. The van der Waals surface area contributed by atoms with Gasteiger partial charge in [0.1, 0.15) is 28.6 Å². The lowest BCUT2D eigenvalue weighted by Crippen LogP contribution is -2.23. The number of rotatable bonds is 4. The molecule has 2 aromatic rings. The molecule has 2 aromatic carbocycles. The van der Waals surface area contributed by atoms with Crippen LogP contribution >= 0.6 is 0 Å². The summed E-state index contributed by atoms with van der Waals surface area (Å²) in [7, 11) is 0. The highest BCUT2D eigenvalue weighted by molar-refractivity contribution is 5.98. The first-order valence-electron chi connectivity index (χ1n) is 13.5. The van der Waals surface area contributed by atoms with Crippen molar-refractivity contribution in [1.29, 1.82) is 0 Å². The minimum atomic E-state index is -0.645. The van der Waals surface area contributed by atoms with E-state index in [1.807, 2.05) is 30.3 Å². The van der Waals surface area contributed by atoms with Crippen LogP contribution in [0.4, 0.5) is 0 Å². The second kappa shape index (κ2) is 12.3. The van der Waals surface area contributed by atoms with Crippen LogP contribution in [0.5, 0.6) is 17.2 Å². The number of carbonyl (C=O) groups is 3. The van der Waals surface area contributed by atoms with Crippen LogP contribution in [0.2, 0.25) is 0 Å². The van der Waals surface area contributed by atoms with Crippen LogP contribution < -0.4 is 9.47 Å². The zero-order valence-corrected chi connectivity index (χ0v) is 22.3. The zero-order valence-electron chi connectivity index (χ0n) is 22.3. The second-order valence-corrected chi connectivity index (χ2v) is 10.5. The lowest BCUT2D eigenvalue weighted by Gasteiger charge is -2.28. The molecule has 2 atom stereocenters. The Morgan fingerprint density at radius 1 is 1.08 bits per heavy atom. The third-order valence-electron chi connectivity index (χ3n) is 6.84. The van der Waals surface area contributed by atoms with Crippen molar-refractivity contribution in [2.75, 3.05) is 6.61 Å². The third-order valence-corrected chi connectivity index (χ3v) is 6.84. The molecule has 0 amide bonds. The number of esters is 2.